The van der Waals surface area contributed by atoms with Crippen LogP contribution in [0.25, 0.3) is 10.9 Å². The molecule has 1 saturated heterocycles. The summed E-state index contributed by atoms with van der Waals surface area (Å²) in [6.45, 7) is -0.281. The summed E-state index contributed by atoms with van der Waals surface area (Å²) in [6, 6.07) is 8.73. The second-order valence-corrected chi connectivity index (χ2v) is 6.30. The first-order valence-corrected chi connectivity index (χ1v) is 7.27. The molecular formula is C11H9N3O3S2. The summed E-state index contributed by atoms with van der Waals surface area (Å²) in [4.78, 5) is 14.0. The lowest BCUT2D eigenvalue weighted by Gasteiger charge is -2.14. The number of rotatable bonds is 2. The summed E-state index contributed by atoms with van der Waals surface area (Å²) < 4.78 is 25.6. The molecule has 2 N–H and O–H groups in total. The Balaban J connectivity index is 2.09. The maximum atomic E-state index is 12.4. The molecule has 19 heavy (non-hydrogen) atoms. The first-order chi connectivity index (χ1) is 8.98. The van der Waals surface area contributed by atoms with Crippen LogP contribution in [-0.2, 0) is 14.8 Å². The molecule has 0 atom stereocenters. The van der Waals surface area contributed by atoms with Gasteiger partial charge in [-0.1, -0.05) is 18.2 Å². The van der Waals surface area contributed by atoms with Crippen molar-refractivity contribution in [2.45, 2.75) is 5.03 Å². The molecule has 1 aromatic heterocycles. The van der Waals surface area contributed by atoms with E-state index < -0.39 is 15.9 Å². The summed E-state index contributed by atoms with van der Waals surface area (Å²) >= 11 is 4.85. The average Bonchev–Trinajstić information content (AvgIpc) is 2.92. The van der Waals surface area contributed by atoms with E-state index in [9.17, 15) is 13.2 Å². The van der Waals surface area contributed by atoms with E-state index in [0.29, 0.717) is 5.52 Å². The number of aromatic nitrogens is 1. The van der Waals surface area contributed by atoms with Gasteiger partial charge in [0.15, 0.2) is 10.1 Å². The molecule has 2 heterocycles. The molecular weight excluding hydrogens is 286 g/mol. The summed E-state index contributed by atoms with van der Waals surface area (Å²) in [6.07, 6.45) is 0. The van der Waals surface area contributed by atoms with Crippen molar-refractivity contribution >= 4 is 44.2 Å². The molecule has 0 spiro atoms. The lowest BCUT2D eigenvalue weighted by atomic mass is 10.3. The van der Waals surface area contributed by atoms with E-state index in [2.05, 4.69) is 10.3 Å². The molecule has 0 saturated carbocycles. The average molecular weight is 295 g/mol. The molecule has 1 aliphatic heterocycles. The second-order valence-electron chi connectivity index (χ2n) is 4.09. The van der Waals surface area contributed by atoms with Gasteiger partial charge in [-0.2, -0.15) is 8.42 Å². The zero-order chi connectivity index (χ0) is 13.6. The quantitative estimate of drug-likeness (QED) is 0.794. The number of H-pyrrole nitrogens is 1. The minimum absolute atomic E-state index is 0.0209. The molecule has 0 bridgehead atoms. The second kappa shape index (κ2) is 4.04. The Kier molecular flexibility index (Phi) is 2.58. The Hall–Kier alpha value is -1.93. The number of fused-ring (bicyclic) bond motifs is 1. The summed E-state index contributed by atoms with van der Waals surface area (Å²) in [5.74, 6) is -0.426. The van der Waals surface area contributed by atoms with Gasteiger partial charge in [0, 0.05) is 10.9 Å². The third kappa shape index (κ3) is 1.89. The van der Waals surface area contributed by atoms with E-state index in [1.54, 1.807) is 18.2 Å². The minimum atomic E-state index is -3.83. The summed E-state index contributed by atoms with van der Waals surface area (Å²) in [5, 5.41) is 3.01. The number of thiocarbonyl (C=S) groups is 1. The number of nitrogens with one attached hydrogen (secondary N) is 2. The number of hydrogen-bond acceptors (Lipinski definition) is 4. The topological polar surface area (TPSA) is 82.3 Å². The fourth-order valence-corrected chi connectivity index (χ4v) is 3.70. The van der Waals surface area contributed by atoms with Crippen LogP contribution in [0.2, 0.25) is 0 Å². The lowest BCUT2D eigenvalue weighted by Crippen LogP contribution is -2.34. The van der Waals surface area contributed by atoms with Gasteiger partial charge in [-0.25, -0.2) is 4.31 Å². The standard InChI is InChI=1S/C11H9N3O3S2/c15-9-6-14(11(18)13-9)19(16,17)10-5-7-3-1-2-4-8(7)12-10/h1-5,12H,6H2,(H,13,15,18). The fraction of sp³-hybridized carbons (Fsp3) is 0.0909. The molecule has 0 aliphatic carbocycles. The lowest BCUT2D eigenvalue weighted by molar-refractivity contribution is -0.118. The normalized spacial score (nSPS) is 16.1. The van der Waals surface area contributed by atoms with Crippen LogP contribution in [0.1, 0.15) is 0 Å². The number of sulfonamides is 1. The third-order valence-corrected chi connectivity index (χ3v) is 4.94. The molecule has 1 aliphatic rings. The Labute approximate surface area is 114 Å². The zero-order valence-electron chi connectivity index (χ0n) is 9.58. The highest BCUT2D eigenvalue weighted by atomic mass is 32.2. The highest BCUT2D eigenvalue weighted by Crippen LogP contribution is 2.22. The molecule has 8 heteroatoms. The van der Waals surface area contributed by atoms with Crippen LogP contribution < -0.4 is 5.32 Å². The van der Waals surface area contributed by atoms with Crippen LogP contribution in [0.15, 0.2) is 35.4 Å². The fourth-order valence-electron chi connectivity index (χ4n) is 1.92. The van der Waals surface area contributed by atoms with Gasteiger partial charge >= 0.3 is 0 Å². The molecule has 2 aromatic rings. The minimum Gasteiger partial charge on any atom is -0.344 e. The van der Waals surface area contributed by atoms with E-state index in [0.717, 1.165) is 9.69 Å². The van der Waals surface area contributed by atoms with Gasteiger partial charge in [0.05, 0.1) is 0 Å². The molecule has 1 fully saturated rings. The Morgan fingerprint density at radius 2 is 2.00 bits per heavy atom. The Bertz CT molecular complexity index is 761. The van der Waals surface area contributed by atoms with E-state index in [1.807, 2.05) is 6.07 Å². The van der Waals surface area contributed by atoms with E-state index in [1.165, 1.54) is 6.07 Å². The van der Waals surface area contributed by atoms with Crippen LogP contribution in [0, 0.1) is 0 Å². The molecule has 6 nitrogen and oxygen atoms in total. The maximum Gasteiger partial charge on any atom is 0.282 e. The van der Waals surface area contributed by atoms with Crippen molar-refractivity contribution in [2.75, 3.05) is 6.54 Å². The van der Waals surface area contributed by atoms with Crippen molar-refractivity contribution in [3.05, 3.63) is 30.3 Å². The van der Waals surface area contributed by atoms with Gasteiger partial charge in [-0.3, -0.25) is 4.79 Å². The Morgan fingerprint density at radius 1 is 1.26 bits per heavy atom. The molecule has 0 radical (unpaired) electrons. The van der Waals surface area contributed by atoms with Crippen molar-refractivity contribution in [1.82, 2.24) is 14.6 Å². The highest BCUT2D eigenvalue weighted by molar-refractivity contribution is 7.91. The summed E-state index contributed by atoms with van der Waals surface area (Å²) in [7, 11) is -3.83. The Morgan fingerprint density at radius 3 is 2.63 bits per heavy atom. The smallest absolute Gasteiger partial charge is 0.282 e. The van der Waals surface area contributed by atoms with Crippen LogP contribution in [-0.4, -0.2) is 35.3 Å². The molecule has 1 amide bonds. The number of carbonyl (C=O) groups is 1. The van der Waals surface area contributed by atoms with Crippen molar-refractivity contribution in [3.8, 4) is 0 Å². The summed E-state index contributed by atoms with van der Waals surface area (Å²) in [5.41, 5.74) is 0.713. The number of benzene rings is 1. The van der Waals surface area contributed by atoms with Gasteiger partial charge in [0.25, 0.3) is 10.0 Å². The SMILES string of the molecule is O=C1CN(S(=O)(=O)c2cc3ccccc3[nH]2)C(=S)N1. The predicted molar refractivity (Wildman–Crippen MR) is 72.9 cm³/mol. The van der Waals surface area contributed by atoms with Gasteiger partial charge in [0.2, 0.25) is 5.91 Å². The van der Waals surface area contributed by atoms with Crippen molar-refractivity contribution in [2.24, 2.45) is 0 Å². The predicted octanol–water partition coefficient (Wildman–Crippen LogP) is 0.573. The van der Waals surface area contributed by atoms with Crippen LogP contribution in [0.3, 0.4) is 0 Å². The number of para-hydroxylation sites is 1. The third-order valence-electron chi connectivity index (χ3n) is 2.83. The van der Waals surface area contributed by atoms with Crippen molar-refractivity contribution < 1.29 is 13.2 Å². The molecule has 98 valence electrons. The number of amides is 1. The van der Waals surface area contributed by atoms with E-state index in [4.69, 9.17) is 12.2 Å². The molecule has 3 rings (SSSR count). The van der Waals surface area contributed by atoms with Gasteiger partial charge in [-0.15, -0.1) is 0 Å². The van der Waals surface area contributed by atoms with E-state index >= 15 is 0 Å². The van der Waals surface area contributed by atoms with Gasteiger partial charge < -0.3 is 10.3 Å². The first kappa shape index (κ1) is 12.1. The van der Waals surface area contributed by atoms with Crippen molar-refractivity contribution in [3.63, 3.8) is 0 Å². The largest absolute Gasteiger partial charge is 0.344 e. The number of hydrogen-bond donors (Lipinski definition) is 2. The van der Waals surface area contributed by atoms with E-state index in [-0.39, 0.29) is 16.7 Å². The number of aromatic amines is 1. The molecule has 0 unspecified atom stereocenters. The van der Waals surface area contributed by atoms with Crippen LogP contribution in [0.5, 0.6) is 0 Å². The van der Waals surface area contributed by atoms with Crippen LogP contribution >= 0.6 is 12.2 Å². The van der Waals surface area contributed by atoms with Gasteiger partial charge in [-0.05, 0) is 24.4 Å². The number of nitrogens with zero attached hydrogens (tertiary/aromatic N) is 1. The monoisotopic (exact) mass is 295 g/mol. The highest BCUT2D eigenvalue weighted by Gasteiger charge is 2.35. The first-order valence-electron chi connectivity index (χ1n) is 5.43. The number of carbonyl (C=O) groups excluding carboxylic acids is 1. The molecule has 1 aromatic carbocycles. The maximum absolute atomic E-state index is 12.4. The zero-order valence-corrected chi connectivity index (χ0v) is 11.2. The van der Waals surface area contributed by atoms with Crippen LogP contribution in [0.4, 0.5) is 0 Å². The van der Waals surface area contributed by atoms with Gasteiger partial charge in [0.1, 0.15) is 6.54 Å². The van der Waals surface area contributed by atoms with Crippen molar-refractivity contribution in [1.29, 1.82) is 0 Å².